The highest BCUT2D eigenvalue weighted by molar-refractivity contribution is 6.08. The summed E-state index contributed by atoms with van der Waals surface area (Å²) in [6.07, 6.45) is 2.91. The number of nitrogens with two attached hydrogens (primary N) is 1. The first kappa shape index (κ1) is 21.9. The Bertz CT molecular complexity index is 1080. The summed E-state index contributed by atoms with van der Waals surface area (Å²) in [6, 6.07) is 10.8. The highest BCUT2D eigenvalue weighted by Crippen LogP contribution is 2.26. The van der Waals surface area contributed by atoms with Gasteiger partial charge in [0, 0.05) is 60.6 Å². The lowest BCUT2D eigenvalue weighted by atomic mass is 10.0. The van der Waals surface area contributed by atoms with Gasteiger partial charge in [-0.25, -0.2) is 0 Å². The van der Waals surface area contributed by atoms with Crippen LogP contribution in [0.5, 0.6) is 5.75 Å². The van der Waals surface area contributed by atoms with E-state index in [2.05, 4.69) is 22.5 Å². The molecule has 0 saturated carbocycles. The molecular formula is C24H26N4O3. The molecule has 31 heavy (non-hydrogen) atoms. The predicted molar refractivity (Wildman–Crippen MR) is 122 cm³/mol. The molecule has 3 rings (SSSR count). The van der Waals surface area contributed by atoms with Gasteiger partial charge in [0.1, 0.15) is 12.4 Å². The normalized spacial score (nSPS) is 13.7. The summed E-state index contributed by atoms with van der Waals surface area (Å²) in [5.74, 6) is 6.63. The lowest BCUT2D eigenvalue weighted by Gasteiger charge is -2.09. The fourth-order valence-electron chi connectivity index (χ4n) is 3.10. The van der Waals surface area contributed by atoms with Crippen molar-refractivity contribution in [3.8, 4) is 17.6 Å². The van der Waals surface area contributed by atoms with Crippen molar-refractivity contribution in [3.05, 3.63) is 64.9 Å². The van der Waals surface area contributed by atoms with E-state index in [1.807, 2.05) is 12.1 Å². The minimum Gasteiger partial charge on any atom is -0.487 e. The molecule has 7 nitrogen and oxygen atoms in total. The Kier molecular flexibility index (Phi) is 7.31. The van der Waals surface area contributed by atoms with E-state index < -0.39 is 0 Å². The topological polar surface area (TPSA) is 120 Å². The monoisotopic (exact) mass is 418 g/mol. The smallest absolute Gasteiger partial charge is 0.221 e. The van der Waals surface area contributed by atoms with Crippen LogP contribution in [0, 0.1) is 17.3 Å². The third kappa shape index (κ3) is 6.11. The van der Waals surface area contributed by atoms with Crippen molar-refractivity contribution in [2.75, 3.05) is 24.3 Å². The largest absolute Gasteiger partial charge is 0.487 e. The van der Waals surface area contributed by atoms with Gasteiger partial charge in [-0.1, -0.05) is 17.9 Å². The van der Waals surface area contributed by atoms with Gasteiger partial charge in [0.2, 0.25) is 5.91 Å². The molecule has 0 radical (unpaired) electrons. The van der Waals surface area contributed by atoms with Crippen LogP contribution in [-0.4, -0.2) is 29.9 Å². The van der Waals surface area contributed by atoms with Crippen LogP contribution in [0.1, 0.15) is 36.5 Å². The van der Waals surface area contributed by atoms with Crippen LogP contribution in [0.25, 0.3) is 0 Å². The number of hydrogen-bond acceptors (Lipinski definition) is 6. The first-order valence-electron chi connectivity index (χ1n) is 10.0. The number of nitrogen functional groups attached to an aromatic ring is 1. The molecule has 0 aromatic heterocycles. The molecule has 0 aliphatic carbocycles. The number of amides is 1. The van der Waals surface area contributed by atoms with Crippen LogP contribution >= 0.6 is 0 Å². The Morgan fingerprint density at radius 3 is 2.97 bits per heavy atom. The Morgan fingerprint density at radius 2 is 2.19 bits per heavy atom. The summed E-state index contributed by atoms with van der Waals surface area (Å²) in [5.41, 5.74) is 10.5. The van der Waals surface area contributed by atoms with Crippen LogP contribution in [0.15, 0.2) is 48.2 Å². The number of rotatable bonds is 5. The number of carbonyl (C=O) groups excluding carboxylic acids is 1. The third-order valence-corrected chi connectivity index (χ3v) is 4.61. The van der Waals surface area contributed by atoms with Crippen molar-refractivity contribution < 1.29 is 14.6 Å². The highest BCUT2D eigenvalue weighted by atomic mass is 16.5. The van der Waals surface area contributed by atoms with Crippen molar-refractivity contribution in [3.63, 3.8) is 0 Å². The molecule has 0 saturated heterocycles. The maximum atomic E-state index is 11.3. The van der Waals surface area contributed by atoms with E-state index in [4.69, 9.17) is 21.0 Å². The van der Waals surface area contributed by atoms with Crippen LogP contribution in [0.4, 0.5) is 11.4 Å². The average Bonchev–Trinajstić information content (AvgIpc) is 2.93. The number of fused-ring (bicyclic) bond motifs is 1. The molecule has 0 fully saturated rings. The number of anilines is 2. The number of unbranched alkanes of at least 4 members (excludes halogenated alkanes) is 1. The average molecular weight is 418 g/mol. The maximum absolute atomic E-state index is 11.3. The number of allylic oxidation sites excluding steroid dienone is 1. The second-order valence-corrected chi connectivity index (χ2v) is 7.16. The quantitative estimate of drug-likeness (QED) is 0.221. The molecule has 6 N–H and O–H groups in total. The summed E-state index contributed by atoms with van der Waals surface area (Å²) in [4.78, 5) is 11.3. The minimum atomic E-state index is -0.139. The number of hydrogen-bond donors (Lipinski definition) is 5. The third-order valence-electron chi connectivity index (χ3n) is 4.61. The van der Waals surface area contributed by atoms with Crippen LogP contribution < -0.4 is 21.1 Å². The van der Waals surface area contributed by atoms with Gasteiger partial charge in [0.05, 0.1) is 11.4 Å². The lowest BCUT2D eigenvalue weighted by Crippen LogP contribution is -2.16. The lowest BCUT2D eigenvalue weighted by molar-refractivity contribution is -0.114. The molecule has 0 bridgehead atoms. The molecule has 0 spiro atoms. The zero-order valence-corrected chi connectivity index (χ0v) is 17.4. The summed E-state index contributed by atoms with van der Waals surface area (Å²) >= 11 is 0. The first-order chi connectivity index (χ1) is 15.0. The molecular weight excluding hydrogens is 392 g/mol. The molecule has 2 aromatic carbocycles. The molecule has 0 unspecified atom stereocenters. The van der Waals surface area contributed by atoms with E-state index >= 15 is 0 Å². The van der Waals surface area contributed by atoms with Gasteiger partial charge >= 0.3 is 0 Å². The van der Waals surface area contributed by atoms with E-state index in [0.717, 1.165) is 11.3 Å². The molecule has 7 heteroatoms. The van der Waals surface area contributed by atoms with Crippen LogP contribution in [-0.2, 0) is 11.3 Å². The van der Waals surface area contributed by atoms with E-state index in [-0.39, 0.29) is 19.1 Å². The Morgan fingerprint density at radius 1 is 1.35 bits per heavy atom. The van der Waals surface area contributed by atoms with Gasteiger partial charge in [-0.15, -0.1) is 0 Å². The number of aliphatic hydroxyl groups is 1. The van der Waals surface area contributed by atoms with Gasteiger partial charge in [0.25, 0.3) is 0 Å². The predicted octanol–water partition coefficient (Wildman–Crippen LogP) is 2.79. The van der Waals surface area contributed by atoms with E-state index in [1.165, 1.54) is 6.92 Å². The Balaban J connectivity index is 1.77. The first-order valence-corrected chi connectivity index (χ1v) is 10.0. The van der Waals surface area contributed by atoms with Gasteiger partial charge in [-0.3, -0.25) is 4.79 Å². The van der Waals surface area contributed by atoms with Gasteiger partial charge < -0.3 is 31.6 Å². The van der Waals surface area contributed by atoms with Crippen molar-refractivity contribution in [2.24, 2.45) is 0 Å². The van der Waals surface area contributed by atoms with E-state index in [0.29, 0.717) is 53.3 Å². The fourth-order valence-corrected chi connectivity index (χ4v) is 3.10. The summed E-state index contributed by atoms with van der Waals surface area (Å²) in [5, 5.41) is 23.5. The molecule has 1 aliphatic heterocycles. The summed E-state index contributed by atoms with van der Waals surface area (Å²) < 4.78 is 5.91. The second-order valence-electron chi connectivity index (χ2n) is 7.16. The molecule has 160 valence electrons. The highest BCUT2D eigenvalue weighted by Gasteiger charge is 2.14. The number of nitrogens with one attached hydrogen (secondary N) is 3. The van der Waals surface area contributed by atoms with E-state index in [9.17, 15) is 4.79 Å². The Labute approximate surface area is 181 Å². The summed E-state index contributed by atoms with van der Waals surface area (Å²) in [7, 11) is 0. The number of ether oxygens (including phenoxy) is 1. The van der Waals surface area contributed by atoms with Crippen molar-refractivity contribution in [1.29, 1.82) is 5.41 Å². The molecule has 1 heterocycles. The van der Waals surface area contributed by atoms with Crippen molar-refractivity contribution in [2.45, 2.75) is 26.3 Å². The van der Waals surface area contributed by atoms with Gasteiger partial charge in [-0.2, -0.15) is 0 Å². The minimum absolute atomic E-state index is 0.0980. The SMILES string of the molecule is CC(=O)Nc1ccc2c(c1)OC/C(=C/C(=N)c1ccc(N)cc1C#CCCCO)NC2. The zero-order chi connectivity index (χ0) is 22.2. The Hall–Kier alpha value is -3.76. The van der Waals surface area contributed by atoms with Gasteiger partial charge in [-0.05, 0) is 36.8 Å². The second kappa shape index (κ2) is 10.3. The molecule has 1 aliphatic rings. The zero-order valence-electron chi connectivity index (χ0n) is 17.4. The molecule has 2 aromatic rings. The fraction of sp³-hybridized carbons (Fsp3) is 0.250. The van der Waals surface area contributed by atoms with E-state index in [1.54, 1.807) is 30.3 Å². The van der Waals surface area contributed by atoms with Crippen LogP contribution in [0.2, 0.25) is 0 Å². The molecule has 0 atom stereocenters. The summed E-state index contributed by atoms with van der Waals surface area (Å²) in [6.45, 7) is 2.37. The maximum Gasteiger partial charge on any atom is 0.221 e. The molecule has 1 amide bonds. The number of carbonyl (C=O) groups is 1. The standard InChI is InChI=1S/C24H26N4O3/c1-16(30)28-20-8-6-18-14-27-21(15-31-24(18)13-20)12-23(26)22-9-7-19(25)11-17(22)5-3-2-4-10-29/h6-9,11-13,26-27,29H,2,4,10,14-15,25H2,1H3,(H,28,30)/b21-12-,26-23?. The van der Waals surface area contributed by atoms with Crippen LogP contribution in [0.3, 0.4) is 0 Å². The van der Waals surface area contributed by atoms with Crippen molar-refractivity contribution in [1.82, 2.24) is 5.32 Å². The number of aliphatic hydroxyl groups excluding tert-OH is 1. The van der Waals surface area contributed by atoms with Gasteiger partial charge in [0.15, 0.2) is 0 Å². The number of benzene rings is 2. The van der Waals surface area contributed by atoms with Crippen molar-refractivity contribution >= 4 is 23.0 Å².